The van der Waals surface area contributed by atoms with Crippen LogP contribution in [-0.4, -0.2) is 16.2 Å². The number of para-hydroxylation sites is 1. The molecule has 0 bridgehead atoms. The van der Waals surface area contributed by atoms with E-state index in [2.05, 4.69) is 20.9 Å². The number of halogens is 4. The van der Waals surface area contributed by atoms with Crippen LogP contribution in [0.5, 0.6) is 5.75 Å². The summed E-state index contributed by atoms with van der Waals surface area (Å²) in [4.78, 5) is 4.60. The molecule has 3 atom stereocenters. The Morgan fingerprint density at radius 3 is 2.84 bits per heavy atom. The summed E-state index contributed by atoms with van der Waals surface area (Å²) in [6.07, 6.45) is 0.959. The first-order valence-corrected chi connectivity index (χ1v) is 8.74. The van der Waals surface area contributed by atoms with Gasteiger partial charge in [-0.25, -0.2) is 9.37 Å². The van der Waals surface area contributed by atoms with E-state index < -0.39 is 6.61 Å². The Bertz CT molecular complexity index is 1000. The molecule has 1 saturated carbocycles. The minimum absolute atomic E-state index is 0.127. The highest BCUT2D eigenvalue weighted by molar-refractivity contribution is 9.10. The van der Waals surface area contributed by atoms with Crippen LogP contribution in [0.2, 0.25) is 0 Å². The quantitative estimate of drug-likeness (QED) is 0.591. The molecular formula is C18H12BrF3N2O. The van der Waals surface area contributed by atoms with Gasteiger partial charge >= 0.3 is 6.61 Å². The highest BCUT2D eigenvalue weighted by Crippen LogP contribution is 2.62. The number of imidazole rings is 1. The summed E-state index contributed by atoms with van der Waals surface area (Å²) in [5, 5.41) is 0. The predicted molar refractivity (Wildman–Crippen MR) is 89.5 cm³/mol. The van der Waals surface area contributed by atoms with Gasteiger partial charge in [0.2, 0.25) is 0 Å². The predicted octanol–water partition coefficient (Wildman–Crippen LogP) is 5.25. The highest BCUT2D eigenvalue weighted by Gasteiger charge is 2.55. The van der Waals surface area contributed by atoms with Gasteiger partial charge in [0.05, 0.1) is 21.5 Å². The first-order chi connectivity index (χ1) is 12.0. The Morgan fingerprint density at radius 1 is 1.24 bits per heavy atom. The van der Waals surface area contributed by atoms with Crippen molar-refractivity contribution in [2.24, 2.45) is 5.92 Å². The number of fused-ring (bicyclic) bond motifs is 5. The molecule has 7 heteroatoms. The van der Waals surface area contributed by atoms with E-state index >= 15 is 0 Å². The van der Waals surface area contributed by atoms with E-state index in [-0.39, 0.29) is 17.6 Å². The van der Waals surface area contributed by atoms with Crippen molar-refractivity contribution in [1.82, 2.24) is 9.55 Å². The molecule has 0 unspecified atom stereocenters. The summed E-state index contributed by atoms with van der Waals surface area (Å²) >= 11 is 3.22. The van der Waals surface area contributed by atoms with Crippen molar-refractivity contribution in [3.63, 3.8) is 0 Å². The van der Waals surface area contributed by atoms with Gasteiger partial charge < -0.3 is 9.30 Å². The average Bonchev–Trinajstić information content (AvgIpc) is 3.18. The average molecular weight is 409 g/mol. The molecule has 0 radical (unpaired) electrons. The second-order valence-electron chi connectivity index (χ2n) is 6.46. The van der Waals surface area contributed by atoms with Crippen LogP contribution in [-0.2, 0) is 0 Å². The second-order valence-corrected chi connectivity index (χ2v) is 7.32. The van der Waals surface area contributed by atoms with Crippen molar-refractivity contribution < 1.29 is 17.9 Å². The van der Waals surface area contributed by atoms with Crippen LogP contribution in [0.25, 0.3) is 11.0 Å². The van der Waals surface area contributed by atoms with Gasteiger partial charge in [-0.2, -0.15) is 8.78 Å². The molecule has 2 heterocycles. The van der Waals surface area contributed by atoms with Crippen molar-refractivity contribution in [1.29, 1.82) is 0 Å². The molecule has 0 amide bonds. The number of ether oxygens (including phenoxy) is 1. The summed E-state index contributed by atoms with van der Waals surface area (Å²) in [7, 11) is 0. The minimum Gasteiger partial charge on any atom is -0.434 e. The Balaban J connectivity index is 1.71. The molecule has 1 aromatic heterocycles. The molecule has 3 nitrogen and oxygen atoms in total. The third-order valence-electron chi connectivity index (χ3n) is 5.07. The molecule has 0 spiro atoms. The molecule has 3 aromatic rings. The van der Waals surface area contributed by atoms with Gasteiger partial charge in [-0.15, -0.1) is 0 Å². The van der Waals surface area contributed by atoms with Crippen molar-refractivity contribution in [2.75, 3.05) is 0 Å². The summed E-state index contributed by atoms with van der Waals surface area (Å²) in [5.74, 6) is 1.32. The number of benzene rings is 2. The third kappa shape index (κ3) is 2.21. The Labute approximate surface area is 149 Å². The third-order valence-corrected chi connectivity index (χ3v) is 5.68. The summed E-state index contributed by atoms with van der Waals surface area (Å²) in [6.45, 7) is -2.88. The molecule has 0 saturated heterocycles. The summed E-state index contributed by atoms with van der Waals surface area (Å²) in [5.41, 5.74) is 2.10. The highest BCUT2D eigenvalue weighted by atomic mass is 79.9. The van der Waals surface area contributed by atoms with Crippen LogP contribution < -0.4 is 4.74 Å². The van der Waals surface area contributed by atoms with Crippen LogP contribution in [0, 0.1) is 11.7 Å². The maximum absolute atomic E-state index is 13.8. The molecule has 1 aliphatic heterocycles. The molecule has 25 heavy (non-hydrogen) atoms. The fourth-order valence-corrected chi connectivity index (χ4v) is 4.34. The first-order valence-electron chi connectivity index (χ1n) is 7.95. The molecular weight excluding hydrogens is 397 g/mol. The lowest BCUT2D eigenvalue weighted by Gasteiger charge is -2.21. The molecule has 1 aliphatic carbocycles. The lowest BCUT2D eigenvalue weighted by atomic mass is 10.0. The van der Waals surface area contributed by atoms with Gasteiger partial charge in [0.15, 0.2) is 0 Å². The van der Waals surface area contributed by atoms with Gasteiger partial charge in [0.25, 0.3) is 0 Å². The largest absolute Gasteiger partial charge is 0.434 e. The number of nitrogens with zero attached hydrogens (tertiary/aromatic N) is 2. The fraction of sp³-hybridized carbons (Fsp3) is 0.278. The molecule has 2 aliphatic rings. The molecule has 2 aromatic carbocycles. The van der Waals surface area contributed by atoms with Crippen molar-refractivity contribution in [2.45, 2.75) is 25.0 Å². The monoisotopic (exact) mass is 408 g/mol. The van der Waals surface area contributed by atoms with E-state index in [4.69, 9.17) is 4.74 Å². The van der Waals surface area contributed by atoms with Gasteiger partial charge in [0, 0.05) is 17.5 Å². The SMILES string of the molecule is Fc1cc2nc3n(c2cc1Br)[C@@H](c1ccccc1OC(F)F)[C@H]1C[C@@H]31. The fourth-order valence-electron chi connectivity index (χ4n) is 4.01. The van der Waals surface area contributed by atoms with Gasteiger partial charge in [-0.3, -0.25) is 0 Å². The summed E-state index contributed by atoms with van der Waals surface area (Å²) < 4.78 is 46.6. The van der Waals surface area contributed by atoms with E-state index in [1.165, 1.54) is 6.07 Å². The second kappa shape index (κ2) is 5.24. The van der Waals surface area contributed by atoms with E-state index in [1.54, 1.807) is 18.2 Å². The van der Waals surface area contributed by atoms with Crippen molar-refractivity contribution >= 4 is 27.0 Å². The zero-order valence-corrected chi connectivity index (χ0v) is 14.4. The number of alkyl halides is 2. The van der Waals surface area contributed by atoms with Crippen molar-refractivity contribution in [3.8, 4) is 5.75 Å². The van der Waals surface area contributed by atoms with Crippen LogP contribution in [0.1, 0.15) is 29.8 Å². The topological polar surface area (TPSA) is 27.1 Å². The zero-order chi connectivity index (χ0) is 17.3. The minimum atomic E-state index is -2.88. The van der Waals surface area contributed by atoms with Crippen molar-refractivity contribution in [3.05, 3.63) is 58.1 Å². The molecule has 0 N–H and O–H groups in total. The summed E-state index contributed by atoms with van der Waals surface area (Å²) in [6, 6.07) is 9.85. The lowest BCUT2D eigenvalue weighted by Crippen LogP contribution is -2.13. The maximum atomic E-state index is 13.8. The number of rotatable bonds is 3. The number of aromatic nitrogens is 2. The first kappa shape index (κ1) is 15.3. The number of hydrogen-bond acceptors (Lipinski definition) is 2. The van der Waals surface area contributed by atoms with E-state index in [9.17, 15) is 13.2 Å². The van der Waals surface area contributed by atoms with Gasteiger partial charge in [0.1, 0.15) is 17.4 Å². The molecule has 128 valence electrons. The number of hydrogen-bond donors (Lipinski definition) is 0. The maximum Gasteiger partial charge on any atom is 0.387 e. The zero-order valence-electron chi connectivity index (χ0n) is 12.8. The normalized spacial score (nSPS) is 23.8. The van der Waals surface area contributed by atoms with Crippen LogP contribution >= 0.6 is 15.9 Å². The Kier molecular flexibility index (Phi) is 3.20. The van der Waals surface area contributed by atoms with E-state index in [0.29, 0.717) is 27.4 Å². The van der Waals surface area contributed by atoms with Crippen LogP contribution in [0.3, 0.4) is 0 Å². The smallest absolute Gasteiger partial charge is 0.387 e. The van der Waals surface area contributed by atoms with E-state index in [1.807, 2.05) is 16.7 Å². The van der Waals surface area contributed by atoms with Gasteiger partial charge in [-0.05, 0) is 40.4 Å². The van der Waals surface area contributed by atoms with E-state index in [0.717, 1.165) is 17.8 Å². The van der Waals surface area contributed by atoms with Gasteiger partial charge in [-0.1, -0.05) is 18.2 Å². The van der Waals surface area contributed by atoms with Crippen LogP contribution in [0.4, 0.5) is 13.2 Å². The standard InChI is InChI=1S/C18H12BrF3N2O/c19-11-6-14-13(7-12(11)20)23-17-10-5-9(10)16(24(14)17)8-3-1-2-4-15(8)25-18(21)22/h1-4,6-7,9-10,16,18H,5H2/t9-,10+,16-/m0/s1. The van der Waals surface area contributed by atoms with Crippen LogP contribution in [0.15, 0.2) is 40.9 Å². The lowest BCUT2D eigenvalue weighted by molar-refractivity contribution is -0.0507. The Hall–Kier alpha value is -2.02. The molecule has 5 rings (SSSR count). The Morgan fingerprint density at radius 2 is 2.04 bits per heavy atom. The molecule has 1 fully saturated rings.